The summed E-state index contributed by atoms with van der Waals surface area (Å²) in [5.74, 6) is -1.24. The molecule has 0 bridgehead atoms. The zero-order valence-corrected chi connectivity index (χ0v) is 7.39. The lowest BCUT2D eigenvalue weighted by Crippen LogP contribution is -2.02. The van der Waals surface area contributed by atoms with Crippen LogP contribution in [0.4, 0.5) is 8.78 Å². The van der Waals surface area contributed by atoms with Gasteiger partial charge in [0.1, 0.15) is 5.65 Å². The minimum Gasteiger partial charge on any atom is -0.478 e. The van der Waals surface area contributed by atoms with Crippen molar-refractivity contribution in [2.75, 3.05) is 0 Å². The molecule has 0 aromatic carbocycles. The second-order valence-corrected chi connectivity index (χ2v) is 2.95. The van der Waals surface area contributed by atoms with E-state index in [0.29, 0.717) is 0 Å². The monoisotopic (exact) mass is 212 g/mol. The first kappa shape index (κ1) is 9.57. The Bertz CT molecular complexity index is 522. The van der Waals surface area contributed by atoms with E-state index >= 15 is 0 Å². The van der Waals surface area contributed by atoms with Gasteiger partial charge in [0.25, 0.3) is 6.43 Å². The first-order valence-corrected chi connectivity index (χ1v) is 4.07. The van der Waals surface area contributed by atoms with Crippen molar-refractivity contribution in [1.82, 2.24) is 9.38 Å². The van der Waals surface area contributed by atoms with Gasteiger partial charge in [-0.3, -0.25) is 0 Å². The molecule has 4 nitrogen and oxygen atoms in total. The van der Waals surface area contributed by atoms with Crippen LogP contribution in [-0.4, -0.2) is 20.5 Å². The molecule has 78 valence electrons. The molecule has 0 radical (unpaired) electrons. The molecule has 0 aliphatic heterocycles. The lowest BCUT2D eigenvalue weighted by Gasteiger charge is -2.04. The molecule has 0 unspecified atom stereocenters. The first-order chi connectivity index (χ1) is 7.09. The van der Waals surface area contributed by atoms with Crippen LogP contribution in [0, 0.1) is 0 Å². The van der Waals surface area contributed by atoms with Crippen molar-refractivity contribution in [3.8, 4) is 0 Å². The standard InChI is InChI=1S/C9H6F2N2O2/c10-7(11)6-3-5(9(14)15)4-13-2-1-12-8(6)13/h1-4,7H,(H,14,15). The van der Waals surface area contributed by atoms with Crippen LogP contribution in [-0.2, 0) is 0 Å². The van der Waals surface area contributed by atoms with Crippen LogP contribution in [0.2, 0.25) is 0 Å². The summed E-state index contributed by atoms with van der Waals surface area (Å²) >= 11 is 0. The number of fused-ring (bicyclic) bond motifs is 1. The van der Waals surface area contributed by atoms with E-state index in [0.717, 1.165) is 6.07 Å². The molecule has 2 heterocycles. The molecule has 0 saturated carbocycles. The van der Waals surface area contributed by atoms with Gasteiger partial charge < -0.3 is 9.51 Å². The van der Waals surface area contributed by atoms with Gasteiger partial charge in [0, 0.05) is 18.6 Å². The fraction of sp³-hybridized carbons (Fsp3) is 0.111. The Balaban J connectivity index is 2.74. The van der Waals surface area contributed by atoms with E-state index in [1.165, 1.54) is 23.0 Å². The second-order valence-electron chi connectivity index (χ2n) is 2.95. The van der Waals surface area contributed by atoms with E-state index < -0.39 is 12.4 Å². The summed E-state index contributed by atoms with van der Waals surface area (Å²) in [6.45, 7) is 0. The lowest BCUT2D eigenvalue weighted by molar-refractivity contribution is 0.0696. The number of carboxylic acids is 1. The van der Waals surface area contributed by atoms with E-state index in [1.54, 1.807) is 0 Å². The van der Waals surface area contributed by atoms with Crippen molar-refractivity contribution in [2.45, 2.75) is 6.43 Å². The zero-order chi connectivity index (χ0) is 11.0. The molecular formula is C9H6F2N2O2. The number of hydrogen-bond acceptors (Lipinski definition) is 2. The van der Waals surface area contributed by atoms with Gasteiger partial charge in [0.2, 0.25) is 0 Å². The highest BCUT2D eigenvalue weighted by Crippen LogP contribution is 2.23. The van der Waals surface area contributed by atoms with Crippen molar-refractivity contribution in [1.29, 1.82) is 0 Å². The second kappa shape index (κ2) is 3.30. The summed E-state index contributed by atoms with van der Waals surface area (Å²) in [6.07, 6.45) is 1.27. The molecule has 1 N–H and O–H groups in total. The fourth-order valence-corrected chi connectivity index (χ4v) is 1.34. The molecule has 0 aliphatic rings. The molecule has 2 aromatic heterocycles. The maximum absolute atomic E-state index is 12.6. The maximum Gasteiger partial charge on any atom is 0.337 e. The van der Waals surface area contributed by atoms with Crippen LogP contribution in [0.1, 0.15) is 22.3 Å². The summed E-state index contributed by atoms with van der Waals surface area (Å²) in [5.41, 5.74) is -0.481. The molecule has 0 fully saturated rings. The quantitative estimate of drug-likeness (QED) is 0.827. The minimum atomic E-state index is -2.74. The van der Waals surface area contributed by atoms with Gasteiger partial charge in [-0.2, -0.15) is 0 Å². The summed E-state index contributed by atoms with van der Waals surface area (Å²) in [4.78, 5) is 14.4. The minimum absolute atomic E-state index is 0.0787. The Hall–Kier alpha value is -1.98. The number of halogens is 2. The van der Waals surface area contributed by atoms with Gasteiger partial charge in [0.15, 0.2) is 0 Å². The van der Waals surface area contributed by atoms with Crippen LogP contribution < -0.4 is 0 Å². The SMILES string of the molecule is O=C(O)c1cc(C(F)F)c2nccn2c1. The third-order valence-corrected chi connectivity index (χ3v) is 2.00. The van der Waals surface area contributed by atoms with E-state index in [4.69, 9.17) is 5.11 Å². The van der Waals surface area contributed by atoms with E-state index in [1.807, 2.05) is 0 Å². The Morgan fingerprint density at radius 3 is 2.87 bits per heavy atom. The summed E-state index contributed by atoms with van der Waals surface area (Å²) in [7, 11) is 0. The predicted octanol–water partition coefficient (Wildman–Crippen LogP) is 1.97. The van der Waals surface area contributed by atoms with Gasteiger partial charge >= 0.3 is 5.97 Å². The van der Waals surface area contributed by atoms with Crippen molar-refractivity contribution in [3.05, 3.63) is 35.8 Å². The van der Waals surface area contributed by atoms with Crippen LogP contribution in [0.15, 0.2) is 24.7 Å². The van der Waals surface area contributed by atoms with Crippen LogP contribution in [0.25, 0.3) is 5.65 Å². The number of carbonyl (C=O) groups is 1. The third kappa shape index (κ3) is 1.54. The third-order valence-electron chi connectivity index (χ3n) is 2.00. The Kier molecular flexibility index (Phi) is 2.11. The molecule has 2 rings (SSSR count). The molecule has 0 saturated heterocycles. The van der Waals surface area contributed by atoms with Gasteiger partial charge in [-0.15, -0.1) is 0 Å². The summed E-state index contributed by atoms with van der Waals surface area (Å²) < 4.78 is 26.4. The van der Waals surface area contributed by atoms with E-state index in [2.05, 4.69) is 4.98 Å². The highest BCUT2D eigenvalue weighted by molar-refractivity contribution is 5.88. The molecule has 0 aliphatic carbocycles. The Labute approximate surface area is 82.8 Å². The van der Waals surface area contributed by atoms with Gasteiger partial charge in [-0.25, -0.2) is 18.6 Å². The number of alkyl halides is 2. The number of nitrogens with zero attached hydrogens (tertiary/aromatic N) is 2. The molecule has 0 spiro atoms. The average Bonchev–Trinajstić information content (AvgIpc) is 2.62. The van der Waals surface area contributed by atoms with Gasteiger partial charge in [-0.05, 0) is 6.07 Å². The van der Waals surface area contributed by atoms with Crippen LogP contribution in [0.5, 0.6) is 0 Å². The largest absolute Gasteiger partial charge is 0.478 e. The number of aromatic carboxylic acids is 1. The number of aromatic nitrogens is 2. The molecule has 0 atom stereocenters. The Morgan fingerprint density at radius 2 is 2.27 bits per heavy atom. The molecule has 0 amide bonds. The summed E-state index contributed by atoms with van der Waals surface area (Å²) in [5, 5.41) is 8.71. The molecule has 2 aromatic rings. The fourth-order valence-electron chi connectivity index (χ4n) is 1.34. The number of carboxylic acid groups (broad SMARTS) is 1. The van der Waals surface area contributed by atoms with Gasteiger partial charge in [-0.1, -0.05) is 0 Å². The summed E-state index contributed by atoms with van der Waals surface area (Å²) in [6, 6.07) is 0.940. The number of imidazole rings is 1. The van der Waals surface area contributed by atoms with Crippen molar-refractivity contribution in [2.24, 2.45) is 0 Å². The van der Waals surface area contributed by atoms with Gasteiger partial charge in [0.05, 0.1) is 11.1 Å². The average molecular weight is 212 g/mol. The number of rotatable bonds is 2. The predicted molar refractivity (Wildman–Crippen MR) is 47.1 cm³/mol. The first-order valence-electron chi connectivity index (χ1n) is 4.07. The van der Waals surface area contributed by atoms with E-state index in [9.17, 15) is 13.6 Å². The highest BCUT2D eigenvalue weighted by atomic mass is 19.3. The van der Waals surface area contributed by atoms with Crippen LogP contribution in [0.3, 0.4) is 0 Å². The molecule has 15 heavy (non-hydrogen) atoms. The highest BCUT2D eigenvalue weighted by Gasteiger charge is 2.16. The van der Waals surface area contributed by atoms with Crippen LogP contribution >= 0.6 is 0 Å². The molecular weight excluding hydrogens is 206 g/mol. The van der Waals surface area contributed by atoms with Crippen molar-refractivity contribution < 1.29 is 18.7 Å². The lowest BCUT2D eigenvalue weighted by atomic mass is 10.2. The van der Waals surface area contributed by atoms with Crippen molar-refractivity contribution >= 4 is 11.6 Å². The number of pyridine rings is 1. The maximum atomic E-state index is 12.6. The topological polar surface area (TPSA) is 54.6 Å². The zero-order valence-electron chi connectivity index (χ0n) is 7.39. The number of hydrogen-bond donors (Lipinski definition) is 1. The Morgan fingerprint density at radius 1 is 1.53 bits per heavy atom. The molecule has 6 heteroatoms. The van der Waals surface area contributed by atoms with Crippen molar-refractivity contribution in [3.63, 3.8) is 0 Å². The smallest absolute Gasteiger partial charge is 0.337 e. The van der Waals surface area contributed by atoms with E-state index in [-0.39, 0.29) is 16.8 Å². The normalized spacial score (nSPS) is 11.1.